The molecule has 3 heteroatoms. The van der Waals surface area contributed by atoms with Crippen molar-refractivity contribution in [2.24, 2.45) is 0 Å². The summed E-state index contributed by atoms with van der Waals surface area (Å²) >= 11 is 1.70. The van der Waals surface area contributed by atoms with Crippen LogP contribution < -0.4 is 5.32 Å². The Morgan fingerprint density at radius 2 is 2.29 bits per heavy atom. The fraction of sp³-hybridized carbons (Fsp3) is 0.273. The Kier molecular flexibility index (Phi) is 3.01. The van der Waals surface area contributed by atoms with Crippen molar-refractivity contribution in [3.05, 3.63) is 35.4 Å². The first-order valence-corrected chi connectivity index (χ1v) is 5.61. The predicted molar refractivity (Wildman–Crippen MR) is 59.4 cm³/mol. The molecule has 0 saturated carbocycles. The van der Waals surface area contributed by atoms with Gasteiger partial charge in [-0.2, -0.15) is 0 Å². The lowest BCUT2D eigenvalue weighted by molar-refractivity contribution is 0.499. The summed E-state index contributed by atoms with van der Waals surface area (Å²) < 4.78 is 5.68. The van der Waals surface area contributed by atoms with Crippen LogP contribution in [0, 0.1) is 0 Å². The molecule has 0 fully saturated rings. The van der Waals surface area contributed by atoms with Crippen molar-refractivity contribution in [1.29, 1.82) is 0 Å². The molecule has 0 saturated heterocycles. The van der Waals surface area contributed by atoms with E-state index < -0.39 is 0 Å². The topological polar surface area (TPSA) is 25.2 Å². The first kappa shape index (κ1) is 9.49. The molecular formula is C11H13NOS. The zero-order valence-corrected chi connectivity index (χ0v) is 8.93. The monoisotopic (exact) mass is 207 g/mol. The summed E-state index contributed by atoms with van der Waals surface area (Å²) in [5, 5.41) is 5.29. The molecule has 0 amide bonds. The summed E-state index contributed by atoms with van der Waals surface area (Å²) in [5.41, 5.74) is 0. The number of hydrogen-bond acceptors (Lipinski definition) is 3. The first-order valence-electron chi connectivity index (χ1n) is 4.73. The highest BCUT2D eigenvalue weighted by Gasteiger charge is 2.04. The maximum Gasteiger partial charge on any atom is 0.144 e. The number of furan rings is 1. The molecule has 0 unspecified atom stereocenters. The molecule has 0 aliphatic carbocycles. The lowest BCUT2D eigenvalue weighted by Crippen LogP contribution is -2.10. The average Bonchev–Trinajstić information content (AvgIpc) is 2.85. The van der Waals surface area contributed by atoms with Gasteiger partial charge in [-0.25, -0.2) is 0 Å². The van der Waals surface area contributed by atoms with Crippen LogP contribution in [0.3, 0.4) is 0 Å². The molecule has 0 radical (unpaired) electrons. The fourth-order valence-electron chi connectivity index (χ4n) is 1.27. The predicted octanol–water partition coefficient (Wildman–Crippen LogP) is 3.12. The molecule has 2 nitrogen and oxygen atoms in total. The maximum absolute atomic E-state index is 5.68. The number of hydrogen-bond donors (Lipinski definition) is 1. The Bertz CT molecular complexity index is 378. The summed E-state index contributed by atoms with van der Waals surface area (Å²) in [4.78, 5) is 1.19. The summed E-state index contributed by atoms with van der Waals surface area (Å²) in [5.74, 6) is 1.96. The molecule has 0 aromatic carbocycles. The van der Waals surface area contributed by atoms with E-state index in [1.165, 1.54) is 4.88 Å². The molecule has 2 aromatic heterocycles. The maximum atomic E-state index is 5.68. The molecule has 2 heterocycles. The van der Waals surface area contributed by atoms with E-state index in [2.05, 4.69) is 23.7 Å². The van der Waals surface area contributed by atoms with Gasteiger partial charge in [0, 0.05) is 0 Å². The van der Waals surface area contributed by atoms with E-state index in [9.17, 15) is 0 Å². The van der Waals surface area contributed by atoms with Gasteiger partial charge in [0.25, 0.3) is 0 Å². The van der Waals surface area contributed by atoms with Gasteiger partial charge < -0.3 is 9.73 Å². The molecule has 2 rings (SSSR count). The van der Waals surface area contributed by atoms with Crippen molar-refractivity contribution in [3.63, 3.8) is 0 Å². The summed E-state index contributed by atoms with van der Waals surface area (Å²) in [7, 11) is 0. The van der Waals surface area contributed by atoms with Crippen LogP contribution in [0.2, 0.25) is 0 Å². The highest BCUT2D eigenvalue weighted by atomic mass is 32.1. The largest absolute Gasteiger partial charge is 0.459 e. The number of rotatable bonds is 4. The van der Waals surface area contributed by atoms with Gasteiger partial charge in [0.2, 0.25) is 0 Å². The van der Waals surface area contributed by atoms with Crippen LogP contribution in [-0.2, 0) is 6.54 Å². The molecule has 0 atom stereocenters. The summed E-state index contributed by atoms with van der Waals surface area (Å²) in [6, 6.07) is 8.16. The Morgan fingerprint density at radius 3 is 3.00 bits per heavy atom. The first-order chi connectivity index (χ1) is 6.90. The van der Waals surface area contributed by atoms with E-state index in [0.717, 1.165) is 24.6 Å². The molecular weight excluding hydrogens is 194 g/mol. The van der Waals surface area contributed by atoms with E-state index in [1.807, 2.05) is 18.2 Å². The van der Waals surface area contributed by atoms with Crippen LogP contribution in [0.15, 0.2) is 34.1 Å². The van der Waals surface area contributed by atoms with E-state index in [-0.39, 0.29) is 0 Å². The smallest absolute Gasteiger partial charge is 0.144 e. The van der Waals surface area contributed by atoms with Gasteiger partial charge in [-0.15, -0.1) is 11.3 Å². The molecule has 0 aliphatic heterocycles. The van der Waals surface area contributed by atoms with Crippen LogP contribution >= 0.6 is 11.3 Å². The number of nitrogens with one attached hydrogen (secondary N) is 1. The quantitative estimate of drug-likeness (QED) is 0.833. The lowest BCUT2D eigenvalue weighted by Gasteiger charge is -1.96. The molecule has 0 aliphatic rings. The van der Waals surface area contributed by atoms with Gasteiger partial charge in [0.05, 0.1) is 11.4 Å². The second-order valence-electron chi connectivity index (χ2n) is 3.02. The van der Waals surface area contributed by atoms with Crippen molar-refractivity contribution in [2.45, 2.75) is 13.5 Å². The lowest BCUT2D eigenvalue weighted by atomic mass is 10.3. The highest BCUT2D eigenvalue weighted by Crippen LogP contribution is 2.26. The van der Waals surface area contributed by atoms with Crippen molar-refractivity contribution in [2.75, 3.05) is 6.54 Å². The van der Waals surface area contributed by atoms with Gasteiger partial charge in [-0.3, -0.25) is 0 Å². The van der Waals surface area contributed by atoms with E-state index in [1.54, 1.807) is 11.3 Å². The van der Waals surface area contributed by atoms with Crippen LogP contribution in [-0.4, -0.2) is 6.54 Å². The molecule has 1 N–H and O–H groups in total. The van der Waals surface area contributed by atoms with Crippen LogP contribution in [0.4, 0.5) is 0 Å². The Hall–Kier alpha value is -1.06. The Morgan fingerprint density at radius 1 is 1.36 bits per heavy atom. The third kappa shape index (κ3) is 2.05. The van der Waals surface area contributed by atoms with E-state index in [4.69, 9.17) is 4.42 Å². The second-order valence-corrected chi connectivity index (χ2v) is 3.97. The minimum atomic E-state index is 0.807. The van der Waals surface area contributed by atoms with Gasteiger partial charge in [-0.05, 0) is 30.1 Å². The van der Waals surface area contributed by atoms with E-state index in [0.29, 0.717) is 0 Å². The summed E-state index contributed by atoms with van der Waals surface area (Å²) in [6.07, 6.45) is 0. The van der Waals surface area contributed by atoms with Gasteiger partial charge >= 0.3 is 0 Å². The SMILES string of the molecule is CCNCc1ccc(-c2cccs2)o1. The molecule has 2 aromatic rings. The zero-order chi connectivity index (χ0) is 9.80. The van der Waals surface area contributed by atoms with Crippen molar-refractivity contribution < 1.29 is 4.42 Å². The minimum absolute atomic E-state index is 0.807. The normalized spacial score (nSPS) is 10.6. The Balaban J connectivity index is 2.10. The standard InChI is InChI=1S/C11H13NOS/c1-2-12-8-9-5-6-10(13-9)11-4-3-7-14-11/h3-7,12H,2,8H2,1H3. The summed E-state index contributed by atoms with van der Waals surface area (Å²) in [6.45, 7) is 3.86. The third-order valence-electron chi connectivity index (χ3n) is 1.97. The Labute approximate surface area is 87.6 Å². The van der Waals surface area contributed by atoms with E-state index >= 15 is 0 Å². The van der Waals surface area contributed by atoms with Crippen LogP contribution in [0.25, 0.3) is 10.6 Å². The van der Waals surface area contributed by atoms with Gasteiger partial charge in [0.15, 0.2) is 0 Å². The van der Waals surface area contributed by atoms with Crippen molar-refractivity contribution in [1.82, 2.24) is 5.32 Å². The third-order valence-corrected chi connectivity index (χ3v) is 2.86. The van der Waals surface area contributed by atoms with Gasteiger partial charge in [-0.1, -0.05) is 13.0 Å². The zero-order valence-electron chi connectivity index (χ0n) is 8.12. The van der Waals surface area contributed by atoms with Crippen molar-refractivity contribution >= 4 is 11.3 Å². The minimum Gasteiger partial charge on any atom is -0.459 e. The average molecular weight is 207 g/mol. The van der Waals surface area contributed by atoms with Gasteiger partial charge in [0.1, 0.15) is 11.5 Å². The highest BCUT2D eigenvalue weighted by molar-refractivity contribution is 7.13. The van der Waals surface area contributed by atoms with Crippen LogP contribution in [0.1, 0.15) is 12.7 Å². The van der Waals surface area contributed by atoms with Crippen LogP contribution in [0.5, 0.6) is 0 Å². The molecule has 0 bridgehead atoms. The van der Waals surface area contributed by atoms with Crippen molar-refractivity contribution in [3.8, 4) is 10.6 Å². The second kappa shape index (κ2) is 4.44. The molecule has 0 spiro atoms. The molecule has 74 valence electrons. The fourth-order valence-corrected chi connectivity index (χ4v) is 1.96. The number of thiophene rings is 1. The molecule has 14 heavy (non-hydrogen) atoms.